The summed E-state index contributed by atoms with van der Waals surface area (Å²) in [5, 5.41) is 14.4. The van der Waals surface area contributed by atoms with Crippen molar-refractivity contribution in [1.29, 1.82) is 5.26 Å². The number of fused-ring (bicyclic) bond motifs is 1. The minimum Gasteiger partial charge on any atom is -0.385 e. The van der Waals surface area contributed by atoms with E-state index in [-0.39, 0.29) is 6.03 Å². The molecule has 0 unspecified atom stereocenters. The van der Waals surface area contributed by atoms with Crippen LogP contribution < -0.4 is 5.32 Å². The summed E-state index contributed by atoms with van der Waals surface area (Å²) in [4.78, 5) is 17.6. The van der Waals surface area contributed by atoms with E-state index in [4.69, 9.17) is 10.00 Å². The van der Waals surface area contributed by atoms with Crippen molar-refractivity contribution in [3.05, 3.63) is 114 Å². The first-order valence-electron chi connectivity index (χ1n) is 12.6. The largest absolute Gasteiger partial charge is 0.385 e. The number of rotatable bonds is 9. The summed E-state index contributed by atoms with van der Waals surface area (Å²) in [6, 6.07) is 26.2. The third kappa shape index (κ3) is 5.51. The normalized spacial score (nSPS) is 10.9. The number of nitriles is 1. The minimum absolute atomic E-state index is 0.166. The smallest absolute Gasteiger partial charge is 0.325 e. The van der Waals surface area contributed by atoms with E-state index in [9.17, 15) is 4.79 Å². The van der Waals surface area contributed by atoms with Gasteiger partial charge < -0.3 is 14.6 Å². The molecule has 0 radical (unpaired) electrons. The number of imidazole rings is 1. The van der Waals surface area contributed by atoms with Gasteiger partial charge >= 0.3 is 6.03 Å². The molecular weight excluding hydrogens is 474 g/mol. The topological polar surface area (TPSA) is 84.9 Å². The maximum absolute atomic E-state index is 13.3. The molecule has 3 aromatic carbocycles. The number of methoxy groups -OCH3 is 1. The Morgan fingerprint density at radius 1 is 1.05 bits per heavy atom. The van der Waals surface area contributed by atoms with Gasteiger partial charge in [0.25, 0.3) is 0 Å². The van der Waals surface area contributed by atoms with E-state index in [0.717, 1.165) is 45.3 Å². The van der Waals surface area contributed by atoms with E-state index >= 15 is 0 Å². The molecule has 5 rings (SSSR count). The van der Waals surface area contributed by atoms with E-state index < -0.39 is 0 Å². The first-order chi connectivity index (χ1) is 18.7. The molecule has 0 aliphatic heterocycles. The molecule has 0 saturated heterocycles. The van der Waals surface area contributed by atoms with Crippen molar-refractivity contribution in [3.63, 3.8) is 0 Å². The molecular formula is C31H29N5O2. The first kappa shape index (κ1) is 25.0. The van der Waals surface area contributed by atoms with Crippen LogP contribution in [0, 0.1) is 11.3 Å². The van der Waals surface area contributed by atoms with Crippen molar-refractivity contribution in [1.82, 2.24) is 19.4 Å². The zero-order chi connectivity index (χ0) is 26.3. The van der Waals surface area contributed by atoms with Crippen LogP contribution in [0.25, 0.3) is 21.9 Å². The van der Waals surface area contributed by atoms with Crippen LogP contribution in [0.5, 0.6) is 0 Å². The molecule has 5 aromatic rings. The number of hydrogen-bond acceptors (Lipinski definition) is 4. The molecule has 0 aliphatic rings. The Morgan fingerprint density at radius 2 is 1.87 bits per heavy atom. The van der Waals surface area contributed by atoms with Gasteiger partial charge in [-0.2, -0.15) is 5.26 Å². The molecule has 0 fully saturated rings. The third-order valence-electron chi connectivity index (χ3n) is 6.62. The Balaban J connectivity index is 1.47. The molecule has 0 saturated carbocycles. The lowest BCUT2D eigenvalue weighted by Crippen LogP contribution is -2.30. The zero-order valence-electron chi connectivity index (χ0n) is 21.3. The summed E-state index contributed by atoms with van der Waals surface area (Å²) in [5.41, 5.74) is 5.65. The predicted octanol–water partition coefficient (Wildman–Crippen LogP) is 5.61. The van der Waals surface area contributed by atoms with Crippen LogP contribution in [0.15, 0.2) is 91.5 Å². The molecule has 2 aromatic heterocycles. The van der Waals surface area contributed by atoms with Gasteiger partial charge in [0, 0.05) is 62.6 Å². The lowest BCUT2D eigenvalue weighted by Gasteiger charge is -2.12. The highest BCUT2D eigenvalue weighted by molar-refractivity contribution is 5.97. The van der Waals surface area contributed by atoms with Crippen molar-refractivity contribution in [2.45, 2.75) is 19.4 Å². The summed E-state index contributed by atoms with van der Waals surface area (Å²) in [5.74, 6) is 0. The number of carbonyl (C=O) groups is 1. The van der Waals surface area contributed by atoms with E-state index in [1.807, 2.05) is 54.9 Å². The van der Waals surface area contributed by atoms with Gasteiger partial charge in [0.05, 0.1) is 18.0 Å². The molecule has 38 heavy (non-hydrogen) atoms. The van der Waals surface area contributed by atoms with Crippen LogP contribution in [-0.2, 0) is 17.7 Å². The van der Waals surface area contributed by atoms with Gasteiger partial charge in [0.15, 0.2) is 0 Å². The molecule has 1 amide bonds. The van der Waals surface area contributed by atoms with Gasteiger partial charge in [-0.15, -0.1) is 0 Å². The lowest BCUT2D eigenvalue weighted by atomic mass is 10.00. The second-order valence-electron chi connectivity index (χ2n) is 9.19. The summed E-state index contributed by atoms with van der Waals surface area (Å²) in [6.07, 6.45) is 6.84. The number of aromatic nitrogens is 3. The molecule has 0 atom stereocenters. The van der Waals surface area contributed by atoms with Crippen molar-refractivity contribution < 1.29 is 9.53 Å². The van der Waals surface area contributed by atoms with Gasteiger partial charge in [-0.3, -0.25) is 4.57 Å². The van der Waals surface area contributed by atoms with Gasteiger partial charge in [-0.1, -0.05) is 54.6 Å². The van der Waals surface area contributed by atoms with Crippen molar-refractivity contribution in [3.8, 4) is 17.2 Å². The number of ether oxygens (including phenoxy) is 1. The molecule has 0 aliphatic carbocycles. The third-order valence-corrected chi connectivity index (χ3v) is 6.62. The quantitative estimate of drug-likeness (QED) is 0.265. The summed E-state index contributed by atoms with van der Waals surface area (Å²) in [6.45, 7) is 1.75. The Bertz CT molecular complexity index is 1590. The summed E-state index contributed by atoms with van der Waals surface area (Å²) in [7, 11) is 1.66. The summed E-state index contributed by atoms with van der Waals surface area (Å²) >= 11 is 0. The Labute approximate surface area is 221 Å². The highest BCUT2D eigenvalue weighted by Gasteiger charge is 2.17. The van der Waals surface area contributed by atoms with Crippen LogP contribution in [-0.4, -0.2) is 40.4 Å². The van der Waals surface area contributed by atoms with Gasteiger partial charge in [0.2, 0.25) is 0 Å². The lowest BCUT2D eigenvalue weighted by molar-refractivity contribution is 0.193. The fourth-order valence-electron chi connectivity index (χ4n) is 4.66. The highest BCUT2D eigenvalue weighted by Crippen LogP contribution is 2.30. The standard InChI is InChI=1S/C31H29N5O2/c1-38-15-5-14-34-31(37)36-21-26(30-9-4-7-25-6-2-3-8-29(25)30)16-27(36)17-28-19-33-22-35(28)20-24-12-10-23(18-32)11-13-24/h2-4,6-13,16,19,21-22H,5,14-15,17,20H2,1H3,(H,34,37). The van der Waals surface area contributed by atoms with Crippen molar-refractivity contribution >= 4 is 16.8 Å². The second kappa shape index (κ2) is 11.6. The fourth-order valence-corrected chi connectivity index (χ4v) is 4.66. The van der Waals surface area contributed by atoms with E-state index in [2.05, 4.69) is 51.3 Å². The second-order valence-corrected chi connectivity index (χ2v) is 9.19. The monoisotopic (exact) mass is 503 g/mol. The summed E-state index contributed by atoms with van der Waals surface area (Å²) < 4.78 is 8.90. The Hall–Kier alpha value is -4.67. The number of carbonyl (C=O) groups excluding carboxylic acids is 1. The minimum atomic E-state index is -0.166. The number of nitrogens with one attached hydrogen (secondary N) is 1. The molecule has 190 valence electrons. The van der Waals surface area contributed by atoms with E-state index in [0.29, 0.717) is 31.7 Å². The molecule has 1 N–H and O–H groups in total. The number of hydrogen-bond donors (Lipinski definition) is 1. The highest BCUT2D eigenvalue weighted by atomic mass is 16.5. The zero-order valence-corrected chi connectivity index (χ0v) is 21.3. The van der Waals surface area contributed by atoms with Crippen LogP contribution in [0.1, 0.15) is 28.9 Å². The van der Waals surface area contributed by atoms with Gasteiger partial charge in [-0.25, -0.2) is 9.78 Å². The van der Waals surface area contributed by atoms with Gasteiger partial charge in [-0.05, 0) is 46.5 Å². The first-order valence-corrected chi connectivity index (χ1v) is 12.6. The molecule has 0 bridgehead atoms. The predicted molar refractivity (Wildman–Crippen MR) is 148 cm³/mol. The number of benzene rings is 3. The molecule has 2 heterocycles. The fraction of sp³-hybridized carbons (Fsp3) is 0.194. The maximum Gasteiger partial charge on any atom is 0.325 e. The average molecular weight is 504 g/mol. The SMILES string of the molecule is COCCCNC(=O)n1cc(-c2cccc3ccccc23)cc1Cc1cncn1Cc1ccc(C#N)cc1. The van der Waals surface area contributed by atoms with E-state index in [1.165, 1.54) is 0 Å². The molecule has 7 nitrogen and oxygen atoms in total. The van der Waals surface area contributed by atoms with Crippen LogP contribution in [0.4, 0.5) is 4.79 Å². The maximum atomic E-state index is 13.3. The van der Waals surface area contributed by atoms with E-state index in [1.54, 1.807) is 18.0 Å². The van der Waals surface area contributed by atoms with Crippen molar-refractivity contribution in [2.24, 2.45) is 0 Å². The van der Waals surface area contributed by atoms with Gasteiger partial charge in [0.1, 0.15) is 0 Å². The number of nitrogens with zero attached hydrogens (tertiary/aromatic N) is 4. The Morgan fingerprint density at radius 3 is 2.68 bits per heavy atom. The van der Waals surface area contributed by atoms with Crippen LogP contribution in [0.3, 0.4) is 0 Å². The average Bonchev–Trinajstić information content (AvgIpc) is 3.58. The number of amides is 1. The van der Waals surface area contributed by atoms with Crippen LogP contribution in [0.2, 0.25) is 0 Å². The molecule has 0 spiro atoms. The van der Waals surface area contributed by atoms with Crippen molar-refractivity contribution in [2.75, 3.05) is 20.3 Å². The molecule has 7 heteroatoms. The Kier molecular flexibility index (Phi) is 7.62. The van der Waals surface area contributed by atoms with Crippen LogP contribution >= 0.6 is 0 Å².